The van der Waals surface area contributed by atoms with Gasteiger partial charge in [-0.15, -0.1) is 0 Å². The SMILES string of the molecule is COC(=O)c1ccc(OC)c(OC)c1NC(=O)c1cc(C/C=C(\C)c2c3[n+](cc4c(OC)c(OC)ccc24)CCc2cc4c(cc2-3)OCO4)c2c(c1)OCO2. The van der Waals surface area contributed by atoms with Crippen LogP contribution in [0.4, 0.5) is 5.69 Å². The van der Waals surface area contributed by atoms with Gasteiger partial charge in [-0.05, 0) is 73.0 Å². The van der Waals surface area contributed by atoms with E-state index in [1.807, 2.05) is 6.07 Å². The van der Waals surface area contributed by atoms with Crippen LogP contribution in [0.1, 0.15) is 44.3 Å². The standard InChI is InChI=1S/C42H38N2O11/c1-22(35-26-9-11-30(47-2)39(49-4)29(26)19-44-14-13-23-16-32-33(53-20-52-32)18-28(23)37(35)44)7-8-24-15-25(17-34-38(24)55-21-54-34)41(45)43-36-27(42(46)51-6)10-12-31(48-3)40(36)50-5/h7,9-12,15-19H,8,13-14,20-21H2,1-6H3/p+1/b22-7+. The molecule has 3 aliphatic heterocycles. The van der Waals surface area contributed by atoms with Crippen LogP contribution < -0.4 is 47.8 Å². The van der Waals surface area contributed by atoms with E-state index in [-0.39, 0.29) is 36.1 Å². The van der Waals surface area contributed by atoms with Gasteiger partial charge >= 0.3 is 5.97 Å². The summed E-state index contributed by atoms with van der Waals surface area (Å²) in [4.78, 5) is 26.7. The summed E-state index contributed by atoms with van der Waals surface area (Å²) in [5, 5.41) is 4.74. The van der Waals surface area contributed by atoms with Crippen molar-refractivity contribution in [1.82, 2.24) is 0 Å². The molecule has 0 radical (unpaired) electrons. The predicted octanol–water partition coefficient (Wildman–Crippen LogP) is 6.53. The van der Waals surface area contributed by atoms with E-state index >= 15 is 0 Å². The fourth-order valence-electron chi connectivity index (χ4n) is 7.55. The molecule has 0 unspecified atom stereocenters. The average molecular weight is 748 g/mol. The maximum atomic E-state index is 14.0. The van der Waals surface area contributed by atoms with Crippen LogP contribution in [0.15, 0.2) is 60.8 Å². The van der Waals surface area contributed by atoms with Crippen molar-refractivity contribution in [2.24, 2.45) is 0 Å². The first kappa shape index (κ1) is 35.4. The molecule has 0 atom stereocenters. The zero-order chi connectivity index (χ0) is 38.4. The number of amides is 1. The van der Waals surface area contributed by atoms with Gasteiger partial charge in [0.05, 0.1) is 57.6 Å². The number of hydrogen-bond donors (Lipinski definition) is 1. The molecular weight excluding hydrogens is 708 g/mol. The number of aryl methyl sites for hydroxylation is 2. The Morgan fingerprint density at radius 3 is 2.25 bits per heavy atom. The van der Waals surface area contributed by atoms with Crippen molar-refractivity contribution in [2.75, 3.05) is 54.5 Å². The van der Waals surface area contributed by atoms with Crippen molar-refractivity contribution < 1.29 is 56.8 Å². The first-order valence-electron chi connectivity index (χ1n) is 17.6. The number of carbonyl (C=O) groups is 2. The predicted molar refractivity (Wildman–Crippen MR) is 201 cm³/mol. The maximum Gasteiger partial charge on any atom is 0.340 e. The van der Waals surface area contributed by atoms with Crippen molar-refractivity contribution >= 4 is 33.9 Å². The van der Waals surface area contributed by atoms with Gasteiger partial charge in [0.1, 0.15) is 5.69 Å². The molecule has 1 amide bonds. The van der Waals surface area contributed by atoms with Gasteiger partial charge in [0.15, 0.2) is 58.7 Å². The second-order valence-electron chi connectivity index (χ2n) is 13.1. The van der Waals surface area contributed by atoms with Crippen molar-refractivity contribution in [3.05, 3.63) is 88.6 Å². The zero-order valence-electron chi connectivity index (χ0n) is 31.2. The van der Waals surface area contributed by atoms with E-state index in [0.717, 1.165) is 57.4 Å². The molecule has 0 saturated heterocycles. The number of pyridine rings is 1. The number of aromatic nitrogens is 1. The molecule has 13 heteroatoms. The highest BCUT2D eigenvalue weighted by Crippen LogP contribution is 2.46. The molecule has 5 aromatic rings. The molecule has 0 saturated carbocycles. The van der Waals surface area contributed by atoms with Gasteiger partial charge in [-0.1, -0.05) is 6.08 Å². The fourth-order valence-corrected chi connectivity index (χ4v) is 7.55. The van der Waals surface area contributed by atoms with E-state index in [1.165, 1.54) is 33.0 Å². The number of allylic oxidation sites excluding steroid dienone is 2. The number of hydrogen-bond acceptors (Lipinski definition) is 11. The number of esters is 1. The first-order chi connectivity index (χ1) is 26.8. The molecule has 1 N–H and O–H groups in total. The Bertz CT molecular complexity index is 2440. The summed E-state index contributed by atoms with van der Waals surface area (Å²) in [6, 6.07) is 14.6. The summed E-state index contributed by atoms with van der Waals surface area (Å²) < 4.78 is 53.1. The number of anilines is 1. The Labute approximate surface area is 316 Å². The van der Waals surface area contributed by atoms with Crippen molar-refractivity contribution in [2.45, 2.75) is 26.3 Å². The largest absolute Gasteiger partial charge is 0.493 e. The van der Waals surface area contributed by atoms with Crippen LogP contribution in [0.5, 0.6) is 46.0 Å². The Morgan fingerprint density at radius 1 is 0.800 bits per heavy atom. The number of fused-ring (bicyclic) bond motifs is 6. The number of benzene rings is 4. The number of nitrogens with zero attached hydrogens (tertiary/aromatic N) is 1. The van der Waals surface area contributed by atoms with Crippen LogP contribution in [0.3, 0.4) is 0 Å². The summed E-state index contributed by atoms with van der Waals surface area (Å²) in [7, 11) is 7.43. The Morgan fingerprint density at radius 2 is 1.51 bits per heavy atom. The molecule has 13 nitrogen and oxygen atoms in total. The molecule has 0 spiro atoms. The summed E-state index contributed by atoms with van der Waals surface area (Å²) in [6.45, 7) is 3.01. The zero-order valence-corrected chi connectivity index (χ0v) is 31.2. The monoisotopic (exact) mass is 747 g/mol. The molecule has 3 aliphatic rings. The van der Waals surface area contributed by atoms with Gasteiger partial charge in [0, 0.05) is 22.9 Å². The van der Waals surface area contributed by atoms with Gasteiger partial charge in [0.25, 0.3) is 5.91 Å². The molecule has 8 rings (SSSR count). The van der Waals surface area contributed by atoms with Crippen molar-refractivity contribution in [3.8, 4) is 57.3 Å². The number of ether oxygens (including phenoxy) is 9. The van der Waals surface area contributed by atoms with Crippen molar-refractivity contribution in [3.63, 3.8) is 0 Å². The molecular formula is C42H39N2O11+. The first-order valence-corrected chi connectivity index (χ1v) is 17.6. The van der Waals surface area contributed by atoms with Crippen LogP contribution in [0.2, 0.25) is 0 Å². The van der Waals surface area contributed by atoms with Gasteiger partial charge in [-0.25, -0.2) is 4.79 Å². The summed E-state index contributed by atoms with van der Waals surface area (Å²) in [6.07, 6.45) is 5.45. The molecule has 0 fully saturated rings. The summed E-state index contributed by atoms with van der Waals surface area (Å²) in [5.74, 6) is 3.06. The minimum absolute atomic E-state index is 0.00822. The van der Waals surface area contributed by atoms with E-state index in [9.17, 15) is 9.59 Å². The third kappa shape index (κ3) is 6.01. The van der Waals surface area contributed by atoms with E-state index < -0.39 is 11.9 Å². The quantitative estimate of drug-likeness (QED) is 0.124. The van der Waals surface area contributed by atoms with Gasteiger partial charge in [0.2, 0.25) is 19.3 Å². The lowest BCUT2D eigenvalue weighted by atomic mass is 9.88. The molecule has 4 aromatic carbocycles. The number of methoxy groups -OCH3 is 5. The van der Waals surface area contributed by atoms with E-state index in [0.29, 0.717) is 40.9 Å². The lowest BCUT2D eigenvalue weighted by molar-refractivity contribution is -0.686. The van der Waals surface area contributed by atoms with Crippen molar-refractivity contribution in [1.29, 1.82) is 0 Å². The van der Waals surface area contributed by atoms with Gasteiger partial charge in [-0.2, -0.15) is 4.57 Å². The number of rotatable bonds is 10. The van der Waals surface area contributed by atoms with E-state index in [4.69, 9.17) is 42.6 Å². The normalized spacial score (nSPS) is 13.5. The van der Waals surface area contributed by atoms with Crippen LogP contribution in [0.25, 0.3) is 27.6 Å². The lowest BCUT2D eigenvalue weighted by Gasteiger charge is -2.21. The average Bonchev–Trinajstić information content (AvgIpc) is 3.89. The van der Waals surface area contributed by atoms with Crippen LogP contribution in [0, 0.1) is 0 Å². The van der Waals surface area contributed by atoms with Crippen LogP contribution in [-0.2, 0) is 24.1 Å². The highest BCUT2D eigenvalue weighted by Gasteiger charge is 2.33. The van der Waals surface area contributed by atoms with Crippen LogP contribution >= 0.6 is 0 Å². The minimum Gasteiger partial charge on any atom is -0.493 e. The van der Waals surface area contributed by atoms with E-state index in [2.05, 4.69) is 47.3 Å². The summed E-state index contributed by atoms with van der Waals surface area (Å²) >= 11 is 0. The van der Waals surface area contributed by atoms with E-state index in [1.54, 1.807) is 32.4 Å². The lowest BCUT2D eigenvalue weighted by Crippen LogP contribution is -2.41. The smallest absolute Gasteiger partial charge is 0.340 e. The van der Waals surface area contributed by atoms with Crippen LogP contribution in [-0.4, -0.2) is 61.0 Å². The molecule has 4 heterocycles. The molecule has 282 valence electrons. The molecule has 0 aliphatic carbocycles. The maximum absolute atomic E-state index is 14.0. The Kier molecular flexibility index (Phi) is 9.21. The Balaban J connectivity index is 1.22. The second-order valence-corrected chi connectivity index (χ2v) is 13.1. The highest BCUT2D eigenvalue weighted by atomic mass is 16.7. The minimum atomic E-state index is -0.652. The highest BCUT2D eigenvalue weighted by molar-refractivity contribution is 6.10. The fraction of sp³-hybridized carbons (Fsp3) is 0.262. The third-order valence-electron chi connectivity index (χ3n) is 10.2. The number of carbonyl (C=O) groups excluding carboxylic acids is 2. The molecule has 55 heavy (non-hydrogen) atoms. The van der Waals surface area contributed by atoms with Gasteiger partial charge < -0.3 is 47.9 Å². The topological polar surface area (TPSA) is 133 Å². The molecule has 1 aromatic heterocycles. The second kappa shape index (κ2) is 14.3. The Hall–Kier alpha value is -6.63. The third-order valence-corrected chi connectivity index (χ3v) is 10.2. The molecule has 0 bridgehead atoms. The summed E-state index contributed by atoms with van der Waals surface area (Å²) in [5.41, 5.74) is 6.50. The number of nitrogens with one attached hydrogen (secondary N) is 1. The van der Waals surface area contributed by atoms with Gasteiger partial charge in [-0.3, -0.25) is 4.79 Å².